The molecule has 7 heteroatoms. The van der Waals surface area contributed by atoms with Crippen LogP contribution in [0.2, 0.25) is 0 Å². The number of halogens is 1. The van der Waals surface area contributed by atoms with Crippen LogP contribution in [0.25, 0.3) is 21.9 Å². The normalized spacial score (nSPS) is 18.1. The number of aromatic amines is 1. The number of H-pyrrole nitrogens is 1. The summed E-state index contributed by atoms with van der Waals surface area (Å²) in [5, 5.41) is 10.3. The third-order valence-electron chi connectivity index (χ3n) is 4.39. The molecule has 0 spiro atoms. The Hall–Kier alpha value is -2.15. The maximum Gasteiger partial charge on any atom is 0.407 e. The Balaban J connectivity index is 1.71. The number of hydrogen-bond acceptors (Lipinski definition) is 3. The number of imidazole rings is 1. The van der Waals surface area contributed by atoms with E-state index in [0.29, 0.717) is 13.0 Å². The molecule has 0 saturated carbocycles. The van der Waals surface area contributed by atoms with Gasteiger partial charge in [-0.05, 0) is 31.0 Å². The van der Waals surface area contributed by atoms with Gasteiger partial charge in [-0.1, -0.05) is 15.9 Å². The average molecular weight is 375 g/mol. The Morgan fingerprint density at radius 3 is 3.13 bits per heavy atom. The van der Waals surface area contributed by atoms with Gasteiger partial charge in [-0.2, -0.15) is 0 Å². The van der Waals surface area contributed by atoms with Crippen molar-refractivity contribution in [3.63, 3.8) is 0 Å². The maximum atomic E-state index is 11.3. The van der Waals surface area contributed by atoms with Gasteiger partial charge in [0.05, 0.1) is 17.2 Å². The van der Waals surface area contributed by atoms with Crippen molar-refractivity contribution in [1.82, 2.24) is 19.9 Å². The first-order valence-electron chi connectivity index (χ1n) is 7.54. The van der Waals surface area contributed by atoms with E-state index in [2.05, 4.69) is 30.9 Å². The Kier molecular flexibility index (Phi) is 3.45. The number of aromatic nitrogens is 3. The van der Waals surface area contributed by atoms with E-state index in [-0.39, 0.29) is 6.04 Å². The minimum atomic E-state index is -0.847. The van der Waals surface area contributed by atoms with Gasteiger partial charge in [0.15, 0.2) is 0 Å². The fraction of sp³-hybridized carbons (Fsp3) is 0.312. The van der Waals surface area contributed by atoms with E-state index in [1.165, 1.54) is 4.90 Å². The third kappa shape index (κ3) is 2.55. The number of pyridine rings is 1. The van der Waals surface area contributed by atoms with E-state index in [1.807, 2.05) is 18.2 Å². The van der Waals surface area contributed by atoms with Gasteiger partial charge in [0, 0.05) is 28.9 Å². The highest BCUT2D eigenvalue weighted by Crippen LogP contribution is 2.26. The van der Waals surface area contributed by atoms with Gasteiger partial charge >= 0.3 is 6.09 Å². The number of carbonyl (C=O) groups is 1. The molecular formula is C16H15BrN4O2. The van der Waals surface area contributed by atoms with Crippen LogP contribution in [0.5, 0.6) is 0 Å². The Bertz CT molecular complexity index is 908. The number of carboxylic acid groups (broad SMARTS) is 1. The van der Waals surface area contributed by atoms with Crippen molar-refractivity contribution in [2.45, 2.75) is 25.3 Å². The minimum absolute atomic E-state index is 0.00132. The van der Waals surface area contributed by atoms with Gasteiger partial charge in [0.2, 0.25) is 0 Å². The summed E-state index contributed by atoms with van der Waals surface area (Å²) >= 11 is 3.45. The van der Waals surface area contributed by atoms with Crippen LogP contribution in [0.4, 0.5) is 4.79 Å². The van der Waals surface area contributed by atoms with E-state index in [9.17, 15) is 9.90 Å². The van der Waals surface area contributed by atoms with E-state index in [0.717, 1.165) is 45.1 Å². The van der Waals surface area contributed by atoms with Crippen LogP contribution in [-0.4, -0.2) is 43.6 Å². The van der Waals surface area contributed by atoms with E-state index >= 15 is 0 Å². The molecule has 3 heterocycles. The van der Waals surface area contributed by atoms with Crippen LogP contribution in [0.15, 0.2) is 28.9 Å². The lowest BCUT2D eigenvalue weighted by molar-refractivity contribution is 0.140. The average Bonchev–Trinajstić information content (AvgIpc) is 3.13. The fourth-order valence-corrected chi connectivity index (χ4v) is 3.66. The zero-order valence-corrected chi connectivity index (χ0v) is 13.9. The molecule has 6 nitrogen and oxygen atoms in total. The fourth-order valence-electron chi connectivity index (χ4n) is 3.31. The lowest BCUT2D eigenvalue weighted by atomic mass is 10.1. The second-order valence-corrected chi connectivity index (χ2v) is 6.76. The first-order chi connectivity index (χ1) is 11.1. The molecule has 2 aromatic heterocycles. The highest BCUT2D eigenvalue weighted by Gasteiger charge is 2.29. The van der Waals surface area contributed by atoms with Gasteiger partial charge in [-0.25, -0.2) is 9.78 Å². The third-order valence-corrected chi connectivity index (χ3v) is 4.88. The molecule has 0 bridgehead atoms. The smallest absolute Gasteiger partial charge is 0.407 e. The Labute approximate surface area is 140 Å². The van der Waals surface area contributed by atoms with Gasteiger partial charge in [-0.15, -0.1) is 0 Å². The van der Waals surface area contributed by atoms with Crippen molar-refractivity contribution in [1.29, 1.82) is 0 Å². The van der Waals surface area contributed by atoms with E-state index in [4.69, 9.17) is 0 Å². The van der Waals surface area contributed by atoms with E-state index in [1.54, 1.807) is 6.20 Å². The highest BCUT2D eigenvalue weighted by atomic mass is 79.9. The molecule has 1 saturated heterocycles. The Morgan fingerprint density at radius 1 is 1.43 bits per heavy atom. The summed E-state index contributed by atoms with van der Waals surface area (Å²) in [6.45, 7) is 0.610. The second kappa shape index (κ2) is 5.49. The van der Waals surface area contributed by atoms with Crippen LogP contribution in [0.3, 0.4) is 0 Å². The molecule has 1 amide bonds. The molecule has 0 radical (unpaired) electrons. The zero-order valence-electron chi connectivity index (χ0n) is 12.3. The molecule has 118 valence electrons. The number of likely N-dealkylation sites (tertiary alicyclic amines) is 1. The lowest BCUT2D eigenvalue weighted by Gasteiger charge is -2.20. The molecule has 1 aromatic carbocycles. The monoisotopic (exact) mass is 374 g/mol. The number of fused-ring (bicyclic) bond motifs is 3. The number of nitrogens with one attached hydrogen (secondary N) is 1. The first-order valence-corrected chi connectivity index (χ1v) is 8.33. The van der Waals surface area contributed by atoms with Gasteiger partial charge in [0.25, 0.3) is 0 Å². The quantitative estimate of drug-likeness (QED) is 0.718. The second-order valence-electron chi connectivity index (χ2n) is 5.84. The summed E-state index contributed by atoms with van der Waals surface area (Å²) in [5.41, 5.74) is 2.67. The zero-order chi connectivity index (χ0) is 16.0. The number of nitrogens with zero attached hydrogens (tertiary/aromatic N) is 3. The van der Waals surface area contributed by atoms with Crippen molar-refractivity contribution in [2.75, 3.05) is 6.54 Å². The Morgan fingerprint density at radius 2 is 2.30 bits per heavy atom. The summed E-state index contributed by atoms with van der Waals surface area (Å²) < 4.78 is 0.986. The number of amides is 1. The van der Waals surface area contributed by atoms with Crippen molar-refractivity contribution < 1.29 is 9.90 Å². The van der Waals surface area contributed by atoms with Gasteiger partial charge in [0.1, 0.15) is 11.3 Å². The molecule has 1 atom stereocenters. The minimum Gasteiger partial charge on any atom is -0.465 e. The van der Waals surface area contributed by atoms with Crippen LogP contribution in [0.1, 0.15) is 18.7 Å². The number of benzene rings is 1. The topological polar surface area (TPSA) is 82.1 Å². The first kappa shape index (κ1) is 14.4. The molecular weight excluding hydrogens is 360 g/mol. The predicted octanol–water partition coefficient (Wildman–Crippen LogP) is 3.56. The van der Waals surface area contributed by atoms with Crippen molar-refractivity contribution in [3.05, 3.63) is 34.7 Å². The van der Waals surface area contributed by atoms with Gasteiger partial charge < -0.3 is 15.0 Å². The van der Waals surface area contributed by atoms with Crippen LogP contribution >= 0.6 is 15.9 Å². The summed E-state index contributed by atoms with van der Waals surface area (Å²) in [4.78, 5) is 25.2. The van der Waals surface area contributed by atoms with Crippen molar-refractivity contribution in [3.8, 4) is 0 Å². The summed E-state index contributed by atoms with van der Waals surface area (Å²) in [6, 6.07) is 5.96. The number of hydrogen-bond donors (Lipinski definition) is 2. The van der Waals surface area contributed by atoms with Crippen molar-refractivity contribution in [2.24, 2.45) is 0 Å². The standard InChI is InChI=1S/C16H15BrN4O2/c17-9-3-4-11-12(6-9)18-8-13-15(11)20-14(19-13)7-10-2-1-5-21(10)16(22)23/h3-4,6,8,10H,1-2,5,7H2,(H,19,20)(H,22,23)/t10-/m0/s1. The van der Waals surface area contributed by atoms with Gasteiger partial charge in [-0.3, -0.25) is 4.98 Å². The van der Waals surface area contributed by atoms with E-state index < -0.39 is 6.09 Å². The molecule has 1 aliphatic heterocycles. The summed E-state index contributed by atoms with van der Waals surface area (Å²) in [7, 11) is 0. The molecule has 4 rings (SSSR count). The largest absolute Gasteiger partial charge is 0.465 e. The molecule has 2 N–H and O–H groups in total. The SMILES string of the molecule is O=C(O)N1CCC[C@H]1Cc1nc2cnc3cc(Br)ccc3c2[nH]1. The molecule has 23 heavy (non-hydrogen) atoms. The van der Waals surface area contributed by atoms with Crippen LogP contribution in [-0.2, 0) is 6.42 Å². The summed E-state index contributed by atoms with van der Waals surface area (Å²) in [6.07, 6.45) is 3.32. The molecule has 1 fully saturated rings. The molecule has 3 aromatic rings. The lowest BCUT2D eigenvalue weighted by Crippen LogP contribution is -2.35. The molecule has 0 aliphatic carbocycles. The summed E-state index contributed by atoms with van der Waals surface area (Å²) in [5.74, 6) is 0.815. The maximum absolute atomic E-state index is 11.3. The van der Waals surface area contributed by atoms with Crippen LogP contribution < -0.4 is 0 Å². The van der Waals surface area contributed by atoms with Crippen molar-refractivity contribution >= 4 is 44.0 Å². The predicted molar refractivity (Wildman–Crippen MR) is 90.6 cm³/mol. The highest BCUT2D eigenvalue weighted by molar-refractivity contribution is 9.10. The molecule has 0 unspecified atom stereocenters. The van der Waals surface area contributed by atoms with Crippen LogP contribution in [0, 0.1) is 0 Å². The number of rotatable bonds is 2. The molecule has 1 aliphatic rings.